The van der Waals surface area contributed by atoms with E-state index in [1.807, 2.05) is 6.92 Å². The number of aromatic amines is 1. The van der Waals surface area contributed by atoms with E-state index in [9.17, 15) is 9.90 Å². The first-order valence-electron chi connectivity index (χ1n) is 8.04. The molecule has 0 atom stereocenters. The summed E-state index contributed by atoms with van der Waals surface area (Å²) in [4.78, 5) is 12.2. The van der Waals surface area contributed by atoms with E-state index in [0.717, 1.165) is 36.9 Å². The molecule has 1 aromatic heterocycles. The van der Waals surface area contributed by atoms with Gasteiger partial charge in [-0.05, 0) is 56.4 Å². The van der Waals surface area contributed by atoms with Crippen molar-refractivity contribution in [3.8, 4) is 11.5 Å². The number of aryl methyl sites for hydroxylation is 1. The molecule has 0 fully saturated rings. The van der Waals surface area contributed by atoms with E-state index in [4.69, 9.17) is 4.74 Å². The highest BCUT2D eigenvalue weighted by Gasteiger charge is 2.21. The van der Waals surface area contributed by atoms with Crippen LogP contribution in [0.1, 0.15) is 47.1 Å². The van der Waals surface area contributed by atoms with Crippen LogP contribution in [0.5, 0.6) is 11.5 Å². The molecule has 7 nitrogen and oxygen atoms in total. The lowest BCUT2D eigenvalue weighted by atomic mass is 9.96. The Morgan fingerprint density at radius 2 is 2.29 bits per heavy atom. The molecule has 1 aliphatic carbocycles. The van der Waals surface area contributed by atoms with E-state index >= 15 is 0 Å². The lowest BCUT2D eigenvalue weighted by Crippen LogP contribution is -2.20. The van der Waals surface area contributed by atoms with Gasteiger partial charge in [-0.1, -0.05) is 0 Å². The van der Waals surface area contributed by atoms with E-state index in [1.54, 1.807) is 12.1 Å². The average Bonchev–Trinajstić information content (AvgIpc) is 3.02. The number of hydrogen-bond acceptors (Lipinski definition) is 5. The molecule has 1 aromatic carbocycles. The number of rotatable bonds is 5. The number of H-pyrrole nitrogens is 1. The third kappa shape index (κ3) is 3.40. The zero-order chi connectivity index (χ0) is 16.9. The number of hydrogen-bond donors (Lipinski definition) is 3. The van der Waals surface area contributed by atoms with Crippen LogP contribution in [0.25, 0.3) is 0 Å². The number of phenols is 1. The maximum atomic E-state index is 12.2. The number of carbonyl (C=O) groups is 1. The summed E-state index contributed by atoms with van der Waals surface area (Å²) in [5.74, 6) is 0.129. The van der Waals surface area contributed by atoms with Crippen molar-refractivity contribution < 1.29 is 14.6 Å². The maximum Gasteiger partial charge on any atom is 0.292 e. The SMILES string of the molecule is CCOc1cc(/C=N\NC(=O)c2n[nH]c3c2CCCC3)ccc1O. The Morgan fingerprint density at radius 3 is 3.12 bits per heavy atom. The number of benzene rings is 1. The zero-order valence-corrected chi connectivity index (χ0v) is 13.5. The van der Waals surface area contributed by atoms with Crippen LogP contribution in [-0.4, -0.2) is 34.0 Å². The van der Waals surface area contributed by atoms with Crippen molar-refractivity contribution in [3.05, 3.63) is 40.7 Å². The quantitative estimate of drug-likeness (QED) is 0.578. The molecule has 2 aromatic rings. The fraction of sp³-hybridized carbons (Fsp3) is 0.353. The van der Waals surface area contributed by atoms with Crippen LogP contribution < -0.4 is 10.2 Å². The molecule has 1 amide bonds. The van der Waals surface area contributed by atoms with Crippen LogP contribution in [0.15, 0.2) is 23.3 Å². The average molecular weight is 328 g/mol. The number of ether oxygens (including phenoxy) is 1. The Hall–Kier alpha value is -2.83. The Morgan fingerprint density at radius 1 is 1.46 bits per heavy atom. The number of amides is 1. The van der Waals surface area contributed by atoms with Crippen molar-refractivity contribution in [1.82, 2.24) is 15.6 Å². The number of phenolic OH excluding ortho intramolecular Hbond substituents is 1. The minimum Gasteiger partial charge on any atom is -0.504 e. The van der Waals surface area contributed by atoms with Gasteiger partial charge in [0.05, 0.1) is 12.8 Å². The highest BCUT2D eigenvalue weighted by Crippen LogP contribution is 2.26. The first-order valence-corrected chi connectivity index (χ1v) is 8.04. The predicted molar refractivity (Wildman–Crippen MR) is 89.6 cm³/mol. The molecule has 0 radical (unpaired) electrons. The number of aromatic hydroxyl groups is 1. The topological polar surface area (TPSA) is 99.6 Å². The van der Waals surface area contributed by atoms with Crippen LogP contribution in [0.3, 0.4) is 0 Å². The smallest absolute Gasteiger partial charge is 0.292 e. The number of nitrogens with zero attached hydrogens (tertiary/aromatic N) is 2. The van der Waals surface area contributed by atoms with Gasteiger partial charge in [0.2, 0.25) is 0 Å². The summed E-state index contributed by atoms with van der Waals surface area (Å²) < 4.78 is 5.31. The molecule has 1 heterocycles. The minimum absolute atomic E-state index is 0.0705. The van der Waals surface area contributed by atoms with E-state index in [-0.39, 0.29) is 11.7 Å². The second kappa shape index (κ2) is 7.16. The Kier molecular flexibility index (Phi) is 4.79. The highest BCUT2D eigenvalue weighted by molar-refractivity contribution is 5.94. The Bertz CT molecular complexity index is 767. The third-order valence-electron chi connectivity index (χ3n) is 3.93. The summed E-state index contributed by atoms with van der Waals surface area (Å²) in [5, 5.41) is 20.7. The van der Waals surface area contributed by atoms with Gasteiger partial charge in [0, 0.05) is 11.3 Å². The van der Waals surface area contributed by atoms with Crippen LogP contribution >= 0.6 is 0 Å². The number of nitrogens with one attached hydrogen (secondary N) is 2. The minimum atomic E-state index is -0.325. The van der Waals surface area contributed by atoms with E-state index in [2.05, 4.69) is 20.7 Å². The van der Waals surface area contributed by atoms with Crippen molar-refractivity contribution in [2.75, 3.05) is 6.61 Å². The number of hydrazone groups is 1. The van der Waals surface area contributed by atoms with E-state index in [0.29, 0.717) is 23.6 Å². The summed E-state index contributed by atoms with van der Waals surface area (Å²) in [7, 11) is 0. The number of aromatic nitrogens is 2. The molecule has 7 heteroatoms. The molecular formula is C17H20N4O3. The summed E-state index contributed by atoms with van der Waals surface area (Å²) in [6.45, 7) is 2.29. The van der Waals surface area contributed by atoms with Gasteiger partial charge in [-0.2, -0.15) is 10.2 Å². The molecule has 126 valence electrons. The molecule has 0 unspecified atom stereocenters. The summed E-state index contributed by atoms with van der Waals surface area (Å²) in [6, 6.07) is 4.87. The zero-order valence-electron chi connectivity index (χ0n) is 13.5. The third-order valence-corrected chi connectivity index (χ3v) is 3.93. The van der Waals surface area contributed by atoms with Gasteiger partial charge in [0.25, 0.3) is 5.91 Å². The van der Waals surface area contributed by atoms with Crippen molar-refractivity contribution in [2.45, 2.75) is 32.6 Å². The molecular weight excluding hydrogens is 308 g/mol. The summed E-state index contributed by atoms with van der Waals surface area (Å²) >= 11 is 0. The first kappa shape index (κ1) is 16.0. The molecule has 3 rings (SSSR count). The van der Waals surface area contributed by atoms with E-state index < -0.39 is 0 Å². The van der Waals surface area contributed by atoms with Crippen LogP contribution in [0.2, 0.25) is 0 Å². The van der Waals surface area contributed by atoms with Gasteiger partial charge in [-0.15, -0.1) is 0 Å². The monoisotopic (exact) mass is 328 g/mol. The molecule has 0 aliphatic heterocycles. The van der Waals surface area contributed by atoms with Crippen molar-refractivity contribution in [1.29, 1.82) is 0 Å². The predicted octanol–water partition coefficient (Wildman–Crippen LogP) is 2.16. The fourth-order valence-corrected chi connectivity index (χ4v) is 2.77. The number of fused-ring (bicyclic) bond motifs is 1. The molecule has 3 N–H and O–H groups in total. The van der Waals surface area contributed by atoms with Crippen LogP contribution in [0, 0.1) is 0 Å². The van der Waals surface area contributed by atoms with Gasteiger partial charge in [-0.25, -0.2) is 5.43 Å². The Balaban J connectivity index is 1.67. The van der Waals surface area contributed by atoms with Gasteiger partial charge in [0.15, 0.2) is 17.2 Å². The standard InChI is InChI=1S/C17H20N4O3/c1-2-24-15-9-11(7-8-14(15)22)10-18-21-17(23)16-12-5-3-4-6-13(12)19-20-16/h7-10,22H,2-6H2,1H3,(H,19,20)(H,21,23)/b18-10-. The summed E-state index contributed by atoms with van der Waals surface area (Å²) in [5.41, 5.74) is 5.67. The fourth-order valence-electron chi connectivity index (χ4n) is 2.77. The van der Waals surface area contributed by atoms with Gasteiger partial charge in [-0.3, -0.25) is 9.89 Å². The molecule has 0 saturated carbocycles. The normalized spacial score (nSPS) is 13.7. The second-order valence-corrected chi connectivity index (χ2v) is 5.60. The summed E-state index contributed by atoms with van der Waals surface area (Å²) in [6.07, 6.45) is 5.50. The van der Waals surface area contributed by atoms with Crippen LogP contribution in [0.4, 0.5) is 0 Å². The molecule has 0 spiro atoms. The van der Waals surface area contributed by atoms with Crippen molar-refractivity contribution in [3.63, 3.8) is 0 Å². The lowest BCUT2D eigenvalue weighted by molar-refractivity contribution is 0.0949. The second-order valence-electron chi connectivity index (χ2n) is 5.60. The molecule has 1 aliphatic rings. The lowest BCUT2D eigenvalue weighted by Gasteiger charge is -2.10. The highest BCUT2D eigenvalue weighted by atomic mass is 16.5. The van der Waals surface area contributed by atoms with Crippen molar-refractivity contribution >= 4 is 12.1 Å². The molecule has 24 heavy (non-hydrogen) atoms. The van der Waals surface area contributed by atoms with Gasteiger partial charge < -0.3 is 9.84 Å². The maximum absolute atomic E-state index is 12.2. The first-order chi connectivity index (χ1) is 11.7. The van der Waals surface area contributed by atoms with Gasteiger partial charge >= 0.3 is 0 Å². The molecule has 0 bridgehead atoms. The van der Waals surface area contributed by atoms with Crippen LogP contribution in [-0.2, 0) is 12.8 Å². The van der Waals surface area contributed by atoms with Crippen molar-refractivity contribution in [2.24, 2.45) is 5.10 Å². The Labute approximate surface area is 139 Å². The number of carbonyl (C=O) groups excluding carboxylic acids is 1. The van der Waals surface area contributed by atoms with E-state index in [1.165, 1.54) is 12.3 Å². The van der Waals surface area contributed by atoms with Gasteiger partial charge in [0.1, 0.15) is 0 Å². The largest absolute Gasteiger partial charge is 0.504 e. The molecule has 0 saturated heterocycles.